The highest BCUT2D eigenvalue weighted by Crippen LogP contribution is 2.16. The normalized spacial score (nSPS) is 15.6. The van der Waals surface area contributed by atoms with Crippen molar-refractivity contribution < 1.29 is 4.79 Å². The van der Waals surface area contributed by atoms with E-state index in [1.165, 1.54) is 5.56 Å². The second-order valence-electron chi connectivity index (χ2n) is 4.98. The van der Waals surface area contributed by atoms with Crippen molar-refractivity contribution in [1.29, 1.82) is 0 Å². The molecule has 1 rings (SSSR count). The van der Waals surface area contributed by atoms with Crippen molar-refractivity contribution in [2.24, 2.45) is 0 Å². The molecular formula is C15H23BrN2O. The first-order chi connectivity index (χ1) is 8.93. The van der Waals surface area contributed by atoms with E-state index in [2.05, 4.69) is 52.5 Å². The minimum atomic E-state index is -0.201. The molecule has 1 aromatic rings. The van der Waals surface area contributed by atoms with Gasteiger partial charge in [-0.3, -0.25) is 10.1 Å². The number of carbonyl (C=O) groups is 1. The Morgan fingerprint density at radius 2 is 1.79 bits per heavy atom. The van der Waals surface area contributed by atoms with Gasteiger partial charge in [-0.2, -0.15) is 0 Å². The lowest BCUT2D eigenvalue weighted by molar-refractivity contribution is -0.123. The molecule has 2 N–H and O–H groups in total. The number of nitrogens with one attached hydrogen (secondary N) is 2. The van der Waals surface area contributed by atoms with Crippen LogP contribution in [-0.4, -0.2) is 18.0 Å². The van der Waals surface area contributed by atoms with Gasteiger partial charge in [-0.15, -0.1) is 0 Å². The lowest BCUT2D eigenvalue weighted by atomic mass is 10.1. The van der Waals surface area contributed by atoms with Crippen molar-refractivity contribution in [3.05, 3.63) is 34.3 Å². The van der Waals surface area contributed by atoms with Gasteiger partial charge < -0.3 is 5.32 Å². The van der Waals surface area contributed by atoms with Gasteiger partial charge in [0.05, 0.1) is 6.04 Å². The van der Waals surface area contributed by atoms with E-state index in [4.69, 9.17) is 0 Å². The molecule has 0 aliphatic heterocycles. The van der Waals surface area contributed by atoms with Gasteiger partial charge >= 0.3 is 0 Å². The summed E-state index contributed by atoms with van der Waals surface area (Å²) in [5.74, 6) is 0.0540. The van der Waals surface area contributed by atoms with Crippen LogP contribution >= 0.6 is 15.9 Å². The zero-order valence-electron chi connectivity index (χ0n) is 12.0. The van der Waals surface area contributed by atoms with Crippen LogP contribution in [0.3, 0.4) is 0 Å². The van der Waals surface area contributed by atoms with Crippen molar-refractivity contribution in [2.45, 2.75) is 52.2 Å². The van der Waals surface area contributed by atoms with E-state index in [0.29, 0.717) is 0 Å². The van der Waals surface area contributed by atoms with Gasteiger partial charge in [0.25, 0.3) is 0 Å². The highest BCUT2D eigenvalue weighted by atomic mass is 79.9. The molecule has 0 aliphatic carbocycles. The fraction of sp³-hybridized carbons (Fsp3) is 0.533. The zero-order valence-corrected chi connectivity index (χ0v) is 13.6. The minimum Gasteiger partial charge on any atom is -0.352 e. The fourth-order valence-electron chi connectivity index (χ4n) is 1.77. The molecule has 0 heterocycles. The third-order valence-corrected chi connectivity index (χ3v) is 3.79. The van der Waals surface area contributed by atoms with Crippen molar-refractivity contribution in [3.63, 3.8) is 0 Å². The Bertz CT molecular complexity index is 405. The number of rotatable bonds is 6. The van der Waals surface area contributed by atoms with E-state index >= 15 is 0 Å². The van der Waals surface area contributed by atoms with Gasteiger partial charge in [0, 0.05) is 16.6 Å². The molecule has 19 heavy (non-hydrogen) atoms. The second kappa shape index (κ2) is 7.65. The molecule has 4 heteroatoms. The largest absolute Gasteiger partial charge is 0.352 e. The van der Waals surface area contributed by atoms with Gasteiger partial charge in [0.1, 0.15) is 0 Å². The predicted molar refractivity (Wildman–Crippen MR) is 83.1 cm³/mol. The van der Waals surface area contributed by atoms with Crippen LogP contribution in [0.15, 0.2) is 28.7 Å². The SMILES string of the molecule is CCC(C)NC(=O)C(C)N[C@H](C)c1ccc(Br)cc1. The number of carbonyl (C=O) groups excluding carboxylic acids is 1. The number of amides is 1. The average Bonchev–Trinajstić information content (AvgIpc) is 2.38. The average molecular weight is 327 g/mol. The fourth-order valence-corrected chi connectivity index (χ4v) is 2.03. The molecule has 3 nitrogen and oxygen atoms in total. The van der Waals surface area contributed by atoms with Gasteiger partial charge in [0.2, 0.25) is 5.91 Å². The molecule has 106 valence electrons. The van der Waals surface area contributed by atoms with Crippen molar-refractivity contribution >= 4 is 21.8 Å². The molecule has 0 aliphatic rings. The smallest absolute Gasteiger partial charge is 0.237 e. The van der Waals surface area contributed by atoms with Crippen LogP contribution in [0.1, 0.15) is 45.7 Å². The standard InChI is InChI=1S/C15H23BrN2O/c1-5-10(2)17-15(19)12(4)18-11(3)13-6-8-14(16)9-7-13/h6-12,18H,5H2,1-4H3,(H,17,19)/t10?,11-,12?/m1/s1. The summed E-state index contributed by atoms with van der Waals surface area (Å²) < 4.78 is 1.06. The molecule has 0 radical (unpaired) electrons. The predicted octanol–water partition coefficient (Wildman–Crippen LogP) is 3.40. The van der Waals surface area contributed by atoms with Crippen LogP contribution in [0.25, 0.3) is 0 Å². The lowest BCUT2D eigenvalue weighted by Crippen LogP contribution is -2.45. The van der Waals surface area contributed by atoms with E-state index in [0.717, 1.165) is 10.9 Å². The molecule has 2 unspecified atom stereocenters. The summed E-state index contributed by atoms with van der Waals surface area (Å²) in [6, 6.07) is 8.30. The van der Waals surface area contributed by atoms with Crippen LogP contribution in [0.5, 0.6) is 0 Å². The van der Waals surface area contributed by atoms with Crippen LogP contribution in [0.4, 0.5) is 0 Å². The summed E-state index contributed by atoms with van der Waals surface area (Å²) in [6.45, 7) is 8.04. The lowest BCUT2D eigenvalue weighted by Gasteiger charge is -2.21. The van der Waals surface area contributed by atoms with E-state index in [-0.39, 0.29) is 24.0 Å². The topological polar surface area (TPSA) is 41.1 Å². The first-order valence-corrected chi connectivity index (χ1v) is 7.55. The van der Waals surface area contributed by atoms with Crippen molar-refractivity contribution in [2.75, 3.05) is 0 Å². The molecule has 1 amide bonds. The maximum atomic E-state index is 12.0. The van der Waals surface area contributed by atoms with E-state index < -0.39 is 0 Å². The summed E-state index contributed by atoms with van der Waals surface area (Å²) in [4.78, 5) is 12.0. The van der Waals surface area contributed by atoms with Gasteiger partial charge in [-0.1, -0.05) is 35.0 Å². The Hall–Kier alpha value is -0.870. The molecule has 0 spiro atoms. The van der Waals surface area contributed by atoms with Crippen molar-refractivity contribution in [3.8, 4) is 0 Å². The van der Waals surface area contributed by atoms with E-state index in [1.54, 1.807) is 0 Å². The maximum absolute atomic E-state index is 12.0. The summed E-state index contributed by atoms with van der Waals surface area (Å²) in [7, 11) is 0. The van der Waals surface area contributed by atoms with Crippen LogP contribution in [0.2, 0.25) is 0 Å². The Morgan fingerprint density at radius 3 is 2.32 bits per heavy atom. The van der Waals surface area contributed by atoms with Crippen LogP contribution < -0.4 is 10.6 Å². The molecule has 0 saturated heterocycles. The molecule has 3 atom stereocenters. The molecule has 0 fully saturated rings. The molecule has 0 bridgehead atoms. The van der Waals surface area contributed by atoms with E-state index in [1.807, 2.05) is 26.0 Å². The first-order valence-electron chi connectivity index (χ1n) is 6.76. The van der Waals surface area contributed by atoms with Crippen LogP contribution in [0, 0.1) is 0 Å². The molecule has 1 aromatic carbocycles. The summed E-state index contributed by atoms with van der Waals surface area (Å²) >= 11 is 3.42. The Kier molecular flexibility index (Phi) is 6.52. The van der Waals surface area contributed by atoms with Gasteiger partial charge in [-0.25, -0.2) is 0 Å². The van der Waals surface area contributed by atoms with Crippen molar-refractivity contribution in [1.82, 2.24) is 10.6 Å². The number of hydrogen-bond acceptors (Lipinski definition) is 2. The Morgan fingerprint density at radius 1 is 1.21 bits per heavy atom. The number of hydrogen-bond donors (Lipinski definition) is 2. The first kappa shape index (κ1) is 16.2. The minimum absolute atomic E-state index is 0.0540. The molecular weight excluding hydrogens is 304 g/mol. The highest BCUT2D eigenvalue weighted by molar-refractivity contribution is 9.10. The molecule has 0 saturated carbocycles. The highest BCUT2D eigenvalue weighted by Gasteiger charge is 2.17. The summed E-state index contributed by atoms with van der Waals surface area (Å²) in [5.41, 5.74) is 1.17. The maximum Gasteiger partial charge on any atom is 0.237 e. The molecule has 0 aromatic heterocycles. The summed E-state index contributed by atoms with van der Waals surface area (Å²) in [5, 5.41) is 6.30. The second-order valence-corrected chi connectivity index (χ2v) is 5.90. The van der Waals surface area contributed by atoms with Crippen LogP contribution in [-0.2, 0) is 4.79 Å². The van der Waals surface area contributed by atoms with E-state index in [9.17, 15) is 4.79 Å². The third-order valence-electron chi connectivity index (χ3n) is 3.26. The van der Waals surface area contributed by atoms with Gasteiger partial charge in [-0.05, 0) is 44.9 Å². The zero-order chi connectivity index (χ0) is 14.4. The Balaban J connectivity index is 2.53. The number of halogens is 1. The summed E-state index contributed by atoms with van der Waals surface area (Å²) in [6.07, 6.45) is 0.945. The Labute approximate surface area is 124 Å². The van der Waals surface area contributed by atoms with Gasteiger partial charge in [0.15, 0.2) is 0 Å². The third kappa shape index (κ3) is 5.33. The quantitative estimate of drug-likeness (QED) is 0.841. The monoisotopic (exact) mass is 326 g/mol. The number of benzene rings is 1.